The molecule has 2 atom stereocenters. The van der Waals surface area contributed by atoms with E-state index in [1.807, 2.05) is 34.5 Å². The average molecular weight is 317 g/mol. The zero-order valence-electron chi connectivity index (χ0n) is 12.7. The lowest BCUT2D eigenvalue weighted by Crippen LogP contribution is -2.35. The summed E-state index contributed by atoms with van der Waals surface area (Å²) in [6.45, 7) is 3.04. The highest BCUT2D eigenvalue weighted by molar-refractivity contribution is 7.12. The summed E-state index contributed by atoms with van der Waals surface area (Å²) in [4.78, 5) is 15.5. The second-order valence-electron chi connectivity index (χ2n) is 6.09. The Morgan fingerprint density at radius 3 is 2.77 bits per heavy atom. The summed E-state index contributed by atoms with van der Waals surface area (Å²) in [6.07, 6.45) is 2.87. The number of hydrogen-bond donors (Lipinski definition) is 0. The van der Waals surface area contributed by atoms with E-state index >= 15 is 0 Å². The Morgan fingerprint density at radius 1 is 1.32 bits per heavy atom. The number of hydrogen-bond acceptors (Lipinski definition) is 2. The Labute approximate surface area is 134 Å². The van der Waals surface area contributed by atoms with E-state index in [0.29, 0.717) is 5.92 Å². The average Bonchev–Trinajstić information content (AvgIpc) is 3.15. The first-order valence-electron chi connectivity index (χ1n) is 7.72. The molecule has 0 spiro atoms. The van der Waals surface area contributed by atoms with Crippen LogP contribution in [0.25, 0.3) is 0 Å². The van der Waals surface area contributed by atoms with Gasteiger partial charge in [0.2, 0.25) is 0 Å². The quantitative estimate of drug-likeness (QED) is 0.820. The highest BCUT2D eigenvalue weighted by Crippen LogP contribution is 2.28. The van der Waals surface area contributed by atoms with Crippen molar-refractivity contribution in [3.8, 4) is 0 Å². The standard InChI is InChI=1S/C18H20FNOS/c1-13-11-16(9-6-14-4-7-15(19)8-5-14)20(12-13)18(21)17-3-2-10-22-17/h2-5,7-8,10,13,16H,6,9,11-12H2,1H3/t13-,16+/m1/s1. The van der Waals surface area contributed by atoms with Gasteiger partial charge in [-0.1, -0.05) is 25.1 Å². The fraction of sp³-hybridized carbons (Fsp3) is 0.389. The number of carbonyl (C=O) groups is 1. The van der Waals surface area contributed by atoms with Crippen molar-refractivity contribution in [3.05, 3.63) is 58.0 Å². The minimum absolute atomic E-state index is 0.156. The van der Waals surface area contributed by atoms with Gasteiger partial charge in [-0.15, -0.1) is 11.3 Å². The molecule has 1 saturated heterocycles. The predicted molar refractivity (Wildman–Crippen MR) is 87.6 cm³/mol. The van der Waals surface area contributed by atoms with E-state index in [9.17, 15) is 9.18 Å². The molecule has 1 amide bonds. The molecular weight excluding hydrogens is 297 g/mol. The van der Waals surface area contributed by atoms with Crippen LogP contribution in [0.5, 0.6) is 0 Å². The van der Waals surface area contributed by atoms with Crippen LogP contribution < -0.4 is 0 Å². The maximum Gasteiger partial charge on any atom is 0.264 e. The van der Waals surface area contributed by atoms with E-state index in [1.54, 1.807) is 0 Å². The maximum absolute atomic E-state index is 13.0. The summed E-state index contributed by atoms with van der Waals surface area (Å²) in [5.74, 6) is 0.498. The molecule has 2 nitrogen and oxygen atoms in total. The Balaban J connectivity index is 1.66. The van der Waals surface area contributed by atoms with Crippen LogP contribution in [0.15, 0.2) is 41.8 Å². The van der Waals surface area contributed by atoms with Crippen molar-refractivity contribution in [3.63, 3.8) is 0 Å². The Morgan fingerprint density at radius 2 is 2.09 bits per heavy atom. The van der Waals surface area contributed by atoms with Gasteiger partial charge in [-0.05, 0) is 54.3 Å². The summed E-state index contributed by atoms with van der Waals surface area (Å²) in [6, 6.07) is 10.8. The van der Waals surface area contributed by atoms with Crippen molar-refractivity contribution in [2.45, 2.75) is 32.2 Å². The fourth-order valence-corrected chi connectivity index (χ4v) is 3.88. The number of halogens is 1. The number of nitrogens with zero attached hydrogens (tertiary/aromatic N) is 1. The van der Waals surface area contributed by atoms with Crippen LogP contribution in [-0.4, -0.2) is 23.4 Å². The van der Waals surface area contributed by atoms with Gasteiger partial charge in [0.15, 0.2) is 0 Å². The first kappa shape index (κ1) is 15.2. The van der Waals surface area contributed by atoms with E-state index in [1.165, 1.54) is 23.5 Å². The van der Waals surface area contributed by atoms with E-state index in [4.69, 9.17) is 0 Å². The van der Waals surface area contributed by atoms with Crippen molar-refractivity contribution in [1.29, 1.82) is 0 Å². The number of thiophene rings is 1. The Bertz CT molecular complexity index is 623. The van der Waals surface area contributed by atoms with Crippen molar-refractivity contribution < 1.29 is 9.18 Å². The first-order chi connectivity index (χ1) is 10.6. The minimum atomic E-state index is -0.201. The molecule has 116 valence electrons. The van der Waals surface area contributed by atoms with Crippen molar-refractivity contribution in [2.75, 3.05) is 6.54 Å². The molecule has 22 heavy (non-hydrogen) atoms. The van der Waals surface area contributed by atoms with E-state index in [0.717, 1.165) is 36.2 Å². The van der Waals surface area contributed by atoms with Gasteiger partial charge in [0, 0.05) is 12.6 Å². The van der Waals surface area contributed by atoms with Gasteiger partial charge in [0.05, 0.1) is 4.88 Å². The molecule has 0 unspecified atom stereocenters. The Hall–Kier alpha value is -1.68. The zero-order chi connectivity index (χ0) is 15.5. The molecule has 1 aliphatic heterocycles. The third-order valence-electron chi connectivity index (χ3n) is 4.30. The van der Waals surface area contributed by atoms with Gasteiger partial charge in [-0.3, -0.25) is 4.79 Å². The first-order valence-corrected chi connectivity index (χ1v) is 8.60. The zero-order valence-corrected chi connectivity index (χ0v) is 13.5. The lowest BCUT2D eigenvalue weighted by Gasteiger charge is -2.24. The smallest absolute Gasteiger partial charge is 0.264 e. The molecule has 1 aromatic carbocycles. The van der Waals surface area contributed by atoms with Crippen LogP contribution in [0.4, 0.5) is 4.39 Å². The molecular formula is C18H20FNOS. The molecule has 3 rings (SSSR count). The van der Waals surface area contributed by atoms with Crippen LogP contribution in [0.1, 0.15) is 35.0 Å². The van der Waals surface area contributed by atoms with Gasteiger partial charge in [-0.2, -0.15) is 0 Å². The molecule has 1 fully saturated rings. The van der Waals surface area contributed by atoms with E-state index in [-0.39, 0.29) is 17.8 Å². The highest BCUT2D eigenvalue weighted by atomic mass is 32.1. The second kappa shape index (κ2) is 6.61. The van der Waals surface area contributed by atoms with Gasteiger partial charge < -0.3 is 4.90 Å². The third-order valence-corrected chi connectivity index (χ3v) is 5.15. The maximum atomic E-state index is 13.0. The monoisotopic (exact) mass is 317 g/mol. The molecule has 2 heterocycles. The van der Waals surface area contributed by atoms with Crippen LogP contribution in [0.3, 0.4) is 0 Å². The minimum Gasteiger partial charge on any atom is -0.335 e. The van der Waals surface area contributed by atoms with Crippen molar-refractivity contribution in [2.24, 2.45) is 5.92 Å². The van der Waals surface area contributed by atoms with Crippen LogP contribution in [0.2, 0.25) is 0 Å². The fourth-order valence-electron chi connectivity index (χ4n) is 3.20. The second-order valence-corrected chi connectivity index (χ2v) is 7.04. The summed E-state index contributed by atoms with van der Waals surface area (Å²) >= 11 is 1.50. The molecule has 0 radical (unpaired) electrons. The third kappa shape index (κ3) is 3.38. The predicted octanol–water partition coefficient (Wildman–Crippen LogP) is 4.37. The van der Waals surface area contributed by atoms with Gasteiger partial charge in [0.1, 0.15) is 5.82 Å². The lowest BCUT2D eigenvalue weighted by molar-refractivity contribution is 0.0732. The van der Waals surface area contributed by atoms with Gasteiger partial charge >= 0.3 is 0 Å². The van der Waals surface area contributed by atoms with Crippen molar-refractivity contribution in [1.82, 2.24) is 4.90 Å². The molecule has 0 bridgehead atoms. The molecule has 0 aliphatic carbocycles. The van der Waals surface area contributed by atoms with E-state index in [2.05, 4.69) is 6.92 Å². The summed E-state index contributed by atoms with van der Waals surface area (Å²) in [5.41, 5.74) is 1.13. The van der Waals surface area contributed by atoms with Crippen molar-refractivity contribution >= 4 is 17.2 Å². The summed E-state index contributed by atoms with van der Waals surface area (Å²) in [5, 5.41) is 1.94. The summed E-state index contributed by atoms with van der Waals surface area (Å²) < 4.78 is 13.0. The lowest BCUT2D eigenvalue weighted by atomic mass is 10.0. The number of carbonyl (C=O) groups excluding carboxylic acids is 1. The molecule has 2 aromatic rings. The number of aryl methyl sites for hydroxylation is 1. The normalized spacial score (nSPS) is 21.3. The largest absolute Gasteiger partial charge is 0.335 e. The Kier molecular flexibility index (Phi) is 4.57. The molecule has 0 N–H and O–H groups in total. The number of amides is 1. The number of rotatable bonds is 4. The molecule has 1 aliphatic rings. The van der Waals surface area contributed by atoms with Crippen LogP contribution in [0, 0.1) is 11.7 Å². The van der Waals surface area contributed by atoms with Gasteiger partial charge in [0.25, 0.3) is 5.91 Å². The van der Waals surface area contributed by atoms with E-state index < -0.39 is 0 Å². The van der Waals surface area contributed by atoms with Crippen LogP contribution in [-0.2, 0) is 6.42 Å². The number of likely N-dealkylation sites (tertiary alicyclic amines) is 1. The molecule has 1 aromatic heterocycles. The van der Waals surface area contributed by atoms with Gasteiger partial charge in [-0.25, -0.2) is 4.39 Å². The summed E-state index contributed by atoms with van der Waals surface area (Å²) in [7, 11) is 0. The molecule has 0 saturated carbocycles. The SMILES string of the molecule is C[C@@H]1C[C@H](CCc2ccc(F)cc2)N(C(=O)c2cccs2)C1. The topological polar surface area (TPSA) is 20.3 Å². The molecule has 4 heteroatoms. The number of benzene rings is 1. The van der Waals surface area contributed by atoms with Crippen LogP contribution >= 0.6 is 11.3 Å². The highest BCUT2D eigenvalue weighted by Gasteiger charge is 2.33.